The molecular weight excluding hydrogens is 644 g/mol. The summed E-state index contributed by atoms with van der Waals surface area (Å²) in [5.41, 5.74) is 3.39. The third kappa shape index (κ3) is 4.76. The van der Waals surface area contributed by atoms with Gasteiger partial charge < -0.3 is 0 Å². The van der Waals surface area contributed by atoms with Crippen LogP contribution in [-0.2, 0) is 12.4 Å². The van der Waals surface area contributed by atoms with Crippen LogP contribution in [0.4, 0.5) is 26.3 Å². The van der Waals surface area contributed by atoms with Crippen LogP contribution >= 0.6 is 0 Å². The van der Waals surface area contributed by atoms with Gasteiger partial charge >= 0.3 is 12.4 Å². The summed E-state index contributed by atoms with van der Waals surface area (Å²) in [4.78, 5) is 3.77. The summed E-state index contributed by atoms with van der Waals surface area (Å²) in [7, 11) is 0. The molecule has 0 bridgehead atoms. The molecule has 8 aromatic carbocycles. The van der Waals surface area contributed by atoms with Gasteiger partial charge in [0.2, 0.25) is 0 Å². The van der Waals surface area contributed by atoms with Gasteiger partial charge in [-0.15, -0.1) is 0 Å². The van der Waals surface area contributed by atoms with Crippen LogP contribution in [0.1, 0.15) is 11.3 Å². The lowest BCUT2D eigenvalue weighted by molar-refractivity contribution is -0.141. The Balaban J connectivity index is 1.23. The highest BCUT2D eigenvalue weighted by atomic mass is 19.4. The molecule has 1 nitrogen and oxygen atoms in total. The number of alkyl halides is 6. The van der Waals surface area contributed by atoms with Gasteiger partial charge in [0, 0.05) is 11.8 Å². The van der Waals surface area contributed by atoms with Crippen LogP contribution in [0.2, 0.25) is 0 Å². The fourth-order valence-corrected chi connectivity index (χ4v) is 7.46. The van der Waals surface area contributed by atoms with Gasteiger partial charge in [0.15, 0.2) is 0 Å². The van der Waals surface area contributed by atoms with Crippen molar-refractivity contribution in [2.75, 3.05) is 0 Å². The molecule has 0 aliphatic rings. The molecule has 0 spiro atoms. The van der Waals surface area contributed by atoms with Crippen LogP contribution in [0.25, 0.3) is 87.2 Å². The third-order valence-electron chi connectivity index (χ3n) is 9.64. The number of nitrogens with zero attached hydrogens (tertiary/aromatic N) is 1. The Bertz CT molecular complexity index is 2640. The number of aromatic nitrogens is 1. The van der Waals surface area contributed by atoms with E-state index in [4.69, 9.17) is 0 Å². The number of hydrogen-bond donors (Lipinski definition) is 0. The monoisotopic (exact) mass is 667 g/mol. The van der Waals surface area contributed by atoms with Crippen LogP contribution in [0, 0.1) is 0 Å². The van der Waals surface area contributed by atoms with Gasteiger partial charge in [0.05, 0.1) is 5.56 Å². The Hall–Kier alpha value is -5.95. The predicted octanol–water partition coefficient (Wildman–Crippen LogP) is 13.3. The summed E-state index contributed by atoms with van der Waals surface area (Å²) >= 11 is 0. The molecule has 50 heavy (non-hydrogen) atoms. The molecule has 0 aliphatic carbocycles. The molecule has 1 heterocycles. The largest absolute Gasteiger partial charge is 0.433 e. The number of pyridine rings is 1. The van der Waals surface area contributed by atoms with Crippen molar-refractivity contribution in [2.45, 2.75) is 12.4 Å². The van der Waals surface area contributed by atoms with E-state index < -0.39 is 23.6 Å². The van der Waals surface area contributed by atoms with E-state index in [1.165, 1.54) is 24.4 Å². The van der Waals surface area contributed by atoms with E-state index in [1.807, 2.05) is 60.7 Å². The van der Waals surface area contributed by atoms with Crippen molar-refractivity contribution in [3.05, 3.63) is 151 Å². The zero-order valence-corrected chi connectivity index (χ0v) is 26.0. The first-order valence-corrected chi connectivity index (χ1v) is 15.9. The fourth-order valence-electron chi connectivity index (χ4n) is 7.46. The first-order valence-electron chi connectivity index (χ1n) is 15.9. The maximum absolute atomic E-state index is 13.4. The Labute approximate surface area is 281 Å². The molecular formula is C43H23F6N. The number of rotatable bonds is 3. The van der Waals surface area contributed by atoms with Crippen molar-refractivity contribution in [1.82, 2.24) is 4.98 Å². The molecule has 0 aliphatic heterocycles. The summed E-state index contributed by atoms with van der Waals surface area (Å²) in [5, 5.41) is 10.0. The molecule has 1 aromatic heterocycles. The van der Waals surface area contributed by atoms with Crippen LogP contribution in [0.15, 0.2) is 140 Å². The Morgan fingerprint density at radius 3 is 1.20 bits per heavy atom. The Morgan fingerprint density at radius 2 is 0.800 bits per heavy atom. The Kier molecular flexibility index (Phi) is 6.49. The van der Waals surface area contributed by atoms with Gasteiger partial charge in [-0.1, -0.05) is 91.0 Å². The lowest BCUT2D eigenvalue weighted by Crippen LogP contribution is -2.07. The number of hydrogen-bond acceptors (Lipinski definition) is 1. The van der Waals surface area contributed by atoms with Crippen molar-refractivity contribution >= 4 is 53.9 Å². The molecule has 9 rings (SSSR count). The number of benzene rings is 8. The van der Waals surface area contributed by atoms with Crippen molar-refractivity contribution < 1.29 is 26.3 Å². The summed E-state index contributed by atoms with van der Waals surface area (Å²) in [6.45, 7) is 0. The average Bonchev–Trinajstić information content (AvgIpc) is 3.12. The molecule has 0 fully saturated rings. The molecule has 7 heteroatoms. The molecule has 0 atom stereocenters. The topological polar surface area (TPSA) is 12.9 Å². The summed E-state index contributed by atoms with van der Waals surface area (Å²) in [5.74, 6) is 0. The van der Waals surface area contributed by atoms with E-state index in [0.29, 0.717) is 11.1 Å². The highest BCUT2D eigenvalue weighted by molar-refractivity contribution is 6.26. The van der Waals surface area contributed by atoms with Gasteiger partial charge in [0.1, 0.15) is 5.69 Å². The van der Waals surface area contributed by atoms with Crippen molar-refractivity contribution in [1.29, 1.82) is 0 Å². The fraction of sp³-hybridized carbons (Fsp3) is 0.0465. The van der Waals surface area contributed by atoms with E-state index in [9.17, 15) is 26.3 Å². The first kappa shape index (κ1) is 30.1. The Morgan fingerprint density at radius 1 is 0.380 bits per heavy atom. The summed E-state index contributed by atoms with van der Waals surface area (Å²) in [6, 6.07) is 40.3. The highest BCUT2D eigenvalue weighted by Crippen LogP contribution is 2.46. The van der Waals surface area contributed by atoms with Gasteiger partial charge in [-0.25, -0.2) is 0 Å². The average molecular weight is 668 g/mol. The standard InChI is InChI=1S/C43H23F6N/c44-42(45,46)32-16-13-24(14-17-32)30-19-25-9-11-27-21-31(22-28-12-10-26(20-30)38(25)39(27)28)41-35-7-3-1-5-33(35)40(34-6-2-4-8-36(34)41)29-15-18-37(50-23-29)43(47,48)49/h1-23H. The molecule has 0 radical (unpaired) electrons. The predicted molar refractivity (Wildman–Crippen MR) is 189 cm³/mol. The lowest BCUT2D eigenvalue weighted by Gasteiger charge is -2.19. The minimum absolute atomic E-state index is 0.600. The second kappa shape index (κ2) is 10.8. The van der Waals surface area contributed by atoms with Gasteiger partial charge in [-0.05, 0) is 124 Å². The number of halogens is 6. The molecule has 0 amide bonds. The van der Waals surface area contributed by atoms with Gasteiger partial charge in [-0.2, -0.15) is 26.3 Å². The van der Waals surface area contributed by atoms with Crippen LogP contribution < -0.4 is 0 Å². The first-order chi connectivity index (χ1) is 24.0. The molecule has 0 unspecified atom stereocenters. The zero-order valence-electron chi connectivity index (χ0n) is 26.0. The van der Waals surface area contributed by atoms with Crippen LogP contribution in [-0.4, -0.2) is 4.98 Å². The minimum Gasteiger partial charge on any atom is -0.251 e. The molecule has 0 saturated heterocycles. The summed E-state index contributed by atoms with van der Waals surface area (Å²) in [6.07, 6.45) is -7.62. The highest BCUT2D eigenvalue weighted by Gasteiger charge is 2.32. The SMILES string of the molecule is FC(F)(F)c1ccc(-c2cc3ccc4cc(-c5c6ccccc6c(-c6ccc(C(F)(F)F)nc6)c6ccccc56)cc5ccc(c2)c3c45)cc1. The number of fused-ring (bicyclic) bond motifs is 2. The van der Waals surface area contributed by atoms with Gasteiger partial charge in [0.25, 0.3) is 0 Å². The maximum Gasteiger partial charge on any atom is 0.433 e. The van der Waals surface area contributed by atoms with E-state index in [2.05, 4.69) is 41.4 Å². The van der Waals surface area contributed by atoms with Crippen molar-refractivity contribution in [2.24, 2.45) is 0 Å². The van der Waals surface area contributed by atoms with Gasteiger partial charge in [-0.3, -0.25) is 4.98 Å². The second-order valence-corrected chi connectivity index (χ2v) is 12.6. The van der Waals surface area contributed by atoms with Crippen molar-refractivity contribution in [3.8, 4) is 33.4 Å². The summed E-state index contributed by atoms with van der Waals surface area (Å²) < 4.78 is 79.7. The van der Waals surface area contributed by atoms with E-state index in [1.54, 1.807) is 0 Å². The molecule has 0 saturated carbocycles. The molecule has 0 N–H and O–H groups in total. The minimum atomic E-state index is -4.53. The third-order valence-corrected chi connectivity index (χ3v) is 9.64. The normalized spacial score (nSPS) is 12.6. The maximum atomic E-state index is 13.4. The lowest BCUT2D eigenvalue weighted by atomic mass is 9.84. The van der Waals surface area contributed by atoms with E-state index in [-0.39, 0.29) is 0 Å². The van der Waals surface area contributed by atoms with Crippen LogP contribution in [0.3, 0.4) is 0 Å². The quantitative estimate of drug-likeness (QED) is 0.104. The second-order valence-electron chi connectivity index (χ2n) is 12.6. The van der Waals surface area contributed by atoms with Crippen molar-refractivity contribution in [3.63, 3.8) is 0 Å². The van der Waals surface area contributed by atoms with E-state index >= 15 is 0 Å². The zero-order chi connectivity index (χ0) is 34.4. The van der Waals surface area contributed by atoms with Crippen LogP contribution in [0.5, 0.6) is 0 Å². The molecule has 9 aromatic rings. The van der Waals surface area contributed by atoms with E-state index in [0.717, 1.165) is 94.3 Å². The molecule has 242 valence electrons. The smallest absolute Gasteiger partial charge is 0.251 e.